The quantitative estimate of drug-likeness (QED) is 0.649. The molecule has 1 aromatic rings. The van der Waals surface area contributed by atoms with Gasteiger partial charge in [0.2, 0.25) is 0 Å². The lowest BCUT2D eigenvalue weighted by atomic mass is 10.5. The molecule has 0 saturated carbocycles. The van der Waals surface area contributed by atoms with Crippen LogP contribution in [0.1, 0.15) is 5.69 Å². The van der Waals surface area contributed by atoms with Gasteiger partial charge in [0.05, 0.1) is 5.69 Å². The molecular formula is C5H10N4O2S. The van der Waals surface area contributed by atoms with Crippen molar-refractivity contribution in [3.8, 4) is 0 Å². The van der Waals surface area contributed by atoms with E-state index in [0.717, 1.165) is 5.69 Å². The fraction of sp³-hybridized carbons (Fsp3) is 0.400. The Morgan fingerprint density at radius 3 is 2.58 bits per heavy atom. The van der Waals surface area contributed by atoms with Crippen molar-refractivity contribution < 1.29 is 8.42 Å². The van der Waals surface area contributed by atoms with Crippen LogP contribution in [-0.2, 0) is 17.3 Å². The highest BCUT2D eigenvalue weighted by molar-refractivity contribution is 7.90. The molecule has 0 aliphatic rings. The van der Waals surface area contributed by atoms with E-state index in [1.165, 1.54) is 4.68 Å². The van der Waals surface area contributed by atoms with Gasteiger partial charge < -0.3 is 0 Å². The Kier molecular flexibility index (Phi) is 2.07. The Labute approximate surface area is 70.6 Å². The van der Waals surface area contributed by atoms with Crippen LogP contribution in [0.2, 0.25) is 0 Å². The highest BCUT2D eigenvalue weighted by Gasteiger charge is 2.06. The molecule has 3 N–H and O–H groups in total. The Hall–Kier alpha value is -1.08. The van der Waals surface area contributed by atoms with Gasteiger partial charge in [-0.15, -0.1) is 0 Å². The van der Waals surface area contributed by atoms with Gasteiger partial charge in [-0.25, -0.2) is 5.14 Å². The van der Waals surface area contributed by atoms with Gasteiger partial charge in [0.25, 0.3) is 10.2 Å². The molecule has 7 heteroatoms. The van der Waals surface area contributed by atoms with Crippen molar-refractivity contribution in [3.63, 3.8) is 0 Å². The minimum Gasteiger partial charge on any atom is -0.255 e. The first-order valence-electron chi connectivity index (χ1n) is 3.19. The Morgan fingerprint density at radius 2 is 2.25 bits per heavy atom. The van der Waals surface area contributed by atoms with Gasteiger partial charge in [0.15, 0.2) is 0 Å². The van der Waals surface area contributed by atoms with E-state index in [2.05, 4.69) is 9.82 Å². The third-order valence-corrected chi connectivity index (χ3v) is 1.74. The largest absolute Gasteiger partial charge is 0.297 e. The first-order chi connectivity index (χ1) is 5.38. The zero-order valence-electron chi connectivity index (χ0n) is 6.77. The summed E-state index contributed by atoms with van der Waals surface area (Å²) < 4.78 is 24.7. The molecule has 1 rings (SSSR count). The molecule has 0 fully saturated rings. The Balaban J connectivity index is 2.97. The second-order valence-electron chi connectivity index (χ2n) is 2.44. The van der Waals surface area contributed by atoms with E-state index in [1.54, 1.807) is 20.0 Å². The van der Waals surface area contributed by atoms with Crippen molar-refractivity contribution in [3.05, 3.63) is 11.8 Å². The number of aromatic nitrogens is 2. The van der Waals surface area contributed by atoms with E-state index in [4.69, 9.17) is 5.14 Å². The third kappa shape index (κ3) is 2.21. The van der Waals surface area contributed by atoms with Crippen molar-refractivity contribution in [2.45, 2.75) is 6.92 Å². The van der Waals surface area contributed by atoms with E-state index in [-0.39, 0.29) is 0 Å². The summed E-state index contributed by atoms with van der Waals surface area (Å²) in [5.41, 5.74) is 0.726. The Morgan fingerprint density at radius 1 is 1.67 bits per heavy atom. The van der Waals surface area contributed by atoms with Crippen molar-refractivity contribution in [1.82, 2.24) is 9.78 Å². The van der Waals surface area contributed by atoms with Crippen LogP contribution in [0.15, 0.2) is 6.07 Å². The molecule has 1 aromatic heterocycles. The number of anilines is 1. The summed E-state index contributed by atoms with van der Waals surface area (Å²) >= 11 is 0. The number of nitrogens with one attached hydrogen (secondary N) is 1. The van der Waals surface area contributed by atoms with Crippen LogP contribution in [0.5, 0.6) is 0 Å². The second kappa shape index (κ2) is 2.76. The smallest absolute Gasteiger partial charge is 0.255 e. The molecule has 68 valence electrons. The van der Waals surface area contributed by atoms with Crippen LogP contribution in [0, 0.1) is 6.92 Å². The van der Waals surface area contributed by atoms with E-state index in [0.29, 0.717) is 5.82 Å². The molecule has 0 aliphatic heterocycles. The summed E-state index contributed by atoms with van der Waals surface area (Å²) in [4.78, 5) is 0. The van der Waals surface area contributed by atoms with E-state index >= 15 is 0 Å². The van der Waals surface area contributed by atoms with Crippen LogP contribution < -0.4 is 9.86 Å². The normalized spacial score (nSPS) is 11.6. The zero-order chi connectivity index (χ0) is 9.35. The number of rotatable bonds is 2. The molecule has 1 heterocycles. The molecule has 0 spiro atoms. The highest BCUT2D eigenvalue weighted by atomic mass is 32.2. The van der Waals surface area contributed by atoms with Gasteiger partial charge >= 0.3 is 0 Å². The molecule has 12 heavy (non-hydrogen) atoms. The second-order valence-corrected chi connectivity index (χ2v) is 3.74. The molecule has 0 aromatic carbocycles. The molecule has 0 atom stereocenters. The minimum atomic E-state index is -3.70. The van der Waals surface area contributed by atoms with Gasteiger partial charge in [-0.05, 0) is 6.92 Å². The number of hydrogen-bond acceptors (Lipinski definition) is 3. The summed E-state index contributed by atoms with van der Waals surface area (Å²) in [6.45, 7) is 1.76. The number of hydrogen-bond donors (Lipinski definition) is 2. The maximum atomic E-state index is 10.6. The number of aryl methyl sites for hydroxylation is 2. The first kappa shape index (κ1) is 9.01. The maximum absolute atomic E-state index is 10.6. The van der Waals surface area contributed by atoms with Crippen molar-refractivity contribution in [2.24, 2.45) is 12.2 Å². The van der Waals surface area contributed by atoms with Crippen molar-refractivity contribution in [2.75, 3.05) is 4.72 Å². The third-order valence-electron chi connectivity index (χ3n) is 1.25. The van der Waals surface area contributed by atoms with E-state index in [9.17, 15) is 8.42 Å². The lowest BCUT2D eigenvalue weighted by molar-refractivity contribution is 0.602. The molecule has 0 amide bonds. The minimum absolute atomic E-state index is 0.356. The summed E-state index contributed by atoms with van der Waals surface area (Å²) in [6.07, 6.45) is 0. The molecular weight excluding hydrogens is 180 g/mol. The van der Waals surface area contributed by atoms with Crippen molar-refractivity contribution >= 4 is 16.0 Å². The van der Waals surface area contributed by atoms with Crippen LogP contribution in [0.25, 0.3) is 0 Å². The van der Waals surface area contributed by atoms with Crippen LogP contribution >= 0.6 is 0 Å². The predicted octanol–water partition coefficient (Wildman–Crippen LogP) is -0.656. The van der Waals surface area contributed by atoms with Gasteiger partial charge in [-0.1, -0.05) is 0 Å². The fourth-order valence-electron chi connectivity index (χ4n) is 0.852. The maximum Gasteiger partial charge on any atom is 0.297 e. The molecule has 0 unspecified atom stereocenters. The first-order valence-corrected chi connectivity index (χ1v) is 4.74. The SMILES string of the molecule is Cc1cc(NS(N)(=O)=O)n(C)n1. The monoisotopic (exact) mass is 190 g/mol. The van der Waals surface area contributed by atoms with Crippen LogP contribution in [0.3, 0.4) is 0 Å². The molecule has 0 radical (unpaired) electrons. The van der Waals surface area contributed by atoms with Gasteiger partial charge in [-0.3, -0.25) is 9.40 Å². The van der Waals surface area contributed by atoms with E-state index < -0.39 is 10.2 Å². The summed E-state index contributed by atoms with van der Waals surface area (Å²) in [5.74, 6) is 0.356. The highest BCUT2D eigenvalue weighted by Crippen LogP contribution is 2.07. The average Bonchev–Trinajstić information content (AvgIpc) is 2.06. The Bertz CT molecular complexity index is 380. The van der Waals surface area contributed by atoms with Crippen LogP contribution in [-0.4, -0.2) is 18.2 Å². The van der Waals surface area contributed by atoms with Crippen molar-refractivity contribution in [1.29, 1.82) is 0 Å². The molecule has 0 bridgehead atoms. The lowest BCUT2D eigenvalue weighted by Gasteiger charge is -2.01. The molecule has 0 aliphatic carbocycles. The average molecular weight is 190 g/mol. The van der Waals surface area contributed by atoms with E-state index in [1.807, 2.05) is 0 Å². The fourth-order valence-corrected chi connectivity index (χ4v) is 1.33. The summed E-state index contributed by atoms with van der Waals surface area (Å²) in [5, 5.41) is 8.70. The van der Waals surface area contributed by atoms with Gasteiger partial charge in [-0.2, -0.15) is 13.5 Å². The topological polar surface area (TPSA) is 90.0 Å². The molecule has 0 saturated heterocycles. The molecule has 6 nitrogen and oxygen atoms in total. The van der Waals surface area contributed by atoms with Gasteiger partial charge in [0.1, 0.15) is 5.82 Å². The number of nitrogens with zero attached hydrogens (tertiary/aromatic N) is 2. The lowest BCUT2D eigenvalue weighted by Crippen LogP contribution is -2.23. The number of nitrogens with two attached hydrogens (primary N) is 1. The summed E-state index contributed by atoms with van der Waals surface area (Å²) in [6, 6.07) is 1.59. The van der Waals surface area contributed by atoms with Gasteiger partial charge in [0, 0.05) is 13.1 Å². The standard InChI is InChI=1S/C5H10N4O2S/c1-4-3-5(9(2)7-4)8-12(6,10)11/h3,8H,1-2H3,(H2,6,10,11). The van der Waals surface area contributed by atoms with Crippen LogP contribution in [0.4, 0.5) is 5.82 Å². The zero-order valence-corrected chi connectivity index (χ0v) is 7.59. The summed E-state index contributed by atoms with van der Waals surface area (Å²) in [7, 11) is -2.07. The predicted molar refractivity (Wildman–Crippen MR) is 44.7 cm³/mol.